The summed E-state index contributed by atoms with van der Waals surface area (Å²) in [6.45, 7) is 0. The van der Waals surface area contributed by atoms with Crippen LogP contribution in [0.5, 0.6) is 5.75 Å². The number of furan rings is 1. The van der Waals surface area contributed by atoms with Crippen molar-refractivity contribution in [3.63, 3.8) is 0 Å². The van der Waals surface area contributed by atoms with Crippen molar-refractivity contribution >= 4 is 39.9 Å². The van der Waals surface area contributed by atoms with Gasteiger partial charge in [0.2, 0.25) is 0 Å². The van der Waals surface area contributed by atoms with Crippen LogP contribution in [0.1, 0.15) is 20.9 Å². The first-order chi connectivity index (χ1) is 14.4. The molecule has 0 atom stereocenters. The standard InChI is InChI=1S/C21H13F2NO5S/c1-28-18-12(22)7-6-11(17(18)23)19-16(21(26)27)13(9-30-19)24-20(25)15-8-10-4-2-3-5-14(10)29-15/h2-9H,1H3,(H,24,25)(H,26,27). The maximum atomic E-state index is 14.7. The molecule has 2 aromatic carbocycles. The smallest absolute Gasteiger partial charge is 0.339 e. The molecule has 9 heteroatoms. The summed E-state index contributed by atoms with van der Waals surface area (Å²) in [6.07, 6.45) is 0. The van der Waals surface area contributed by atoms with Crippen molar-refractivity contribution in [3.05, 3.63) is 70.8 Å². The van der Waals surface area contributed by atoms with E-state index in [9.17, 15) is 23.5 Å². The highest BCUT2D eigenvalue weighted by atomic mass is 32.1. The first-order valence-corrected chi connectivity index (χ1v) is 9.45. The number of hydrogen-bond donors (Lipinski definition) is 2. The molecule has 1 amide bonds. The normalized spacial score (nSPS) is 10.9. The SMILES string of the molecule is COc1c(F)ccc(-c2scc(NC(=O)c3cc4ccccc4o3)c2C(=O)O)c1F. The maximum absolute atomic E-state index is 14.7. The Kier molecular flexibility index (Phi) is 4.96. The molecule has 0 bridgehead atoms. The molecule has 6 nitrogen and oxygen atoms in total. The molecule has 152 valence electrons. The van der Waals surface area contributed by atoms with Crippen molar-refractivity contribution in [1.82, 2.24) is 0 Å². The monoisotopic (exact) mass is 429 g/mol. The van der Waals surface area contributed by atoms with Crippen LogP contribution in [0.4, 0.5) is 14.5 Å². The van der Waals surface area contributed by atoms with Crippen LogP contribution < -0.4 is 10.1 Å². The molecule has 0 saturated heterocycles. The Bertz CT molecular complexity index is 1260. The van der Waals surface area contributed by atoms with Gasteiger partial charge in [-0.25, -0.2) is 13.6 Å². The summed E-state index contributed by atoms with van der Waals surface area (Å²) in [6, 6.07) is 10.6. The quantitative estimate of drug-likeness (QED) is 0.444. The van der Waals surface area contributed by atoms with Gasteiger partial charge < -0.3 is 19.6 Å². The predicted molar refractivity (Wildman–Crippen MR) is 107 cm³/mol. The molecule has 0 aliphatic carbocycles. The molecule has 2 N–H and O–H groups in total. The van der Waals surface area contributed by atoms with Crippen LogP contribution >= 0.6 is 11.3 Å². The van der Waals surface area contributed by atoms with Gasteiger partial charge in [0, 0.05) is 16.3 Å². The second-order valence-corrected chi connectivity index (χ2v) is 7.08. The number of nitrogens with one attached hydrogen (secondary N) is 1. The summed E-state index contributed by atoms with van der Waals surface area (Å²) in [7, 11) is 1.11. The van der Waals surface area contributed by atoms with Gasteiger partial charge in [-0.05, 0) is 24.3 Å². The van der Waals surface area contributed by atoms with Crippen molar-refractivity contribution in [2.24, 2.45) is 0 Å². The number of para-hydroxylation sites is 1. The van der Waals surface area contributed by atoms with E-state index in [1.165, 1.54) is 11.4 Å². The minimum Gasteiger partial charge on any atom is -0.491 e. The Morgan fingerprint density at radius 2 is 1.93 bits per heavy atom. The number of carboxylic acid groups (broad SMARTS) is 1. The number of benzene rings is 2. The van der Waals surface area contributed by atoms with Gasteiger partial charge in [0.1, 0.15) is 11.1 Å². The summed E-state index contributed by atoms with van der Waals surface area (Å²) in [5, 5.41) is 14.2. The third-order valence-electron chi connectivity index (χ3n) is 4.40. The average molecular weight is 429 g/mol. The number of rotatable bonds is 5. The number of carboxylic acids is 1. The van der Waals surface area contributed by atoms with Gasteiger partial charge in [-0.15, -0.1) is 11.3 Å². The molecule has 0 saturated carbocycles. The van der Waals surface area contributed by atoms with Crippen molar-refractivity contribution in [2.75, 3.05) is 12.4 Å². The topological polar surface area (TPSA) is 88.8 Å². The lowest BCUT2D eigenvalue weighted by molar-refractivity contribution is 0.0699. The average Bonchev–Trinajstić information content (AvgIpc) is 3.32. The fourth-order valence-electron chi connectivity index (χ4n) is 3.03. The number of fused-ring (bicyclic) bond motifs is 1. The molecular formula is C21H13F2NO5S. The van der Waals surface area contributed by atoms with Crippen molar-refractivity contribution in [1.29, 1.82) is 0 Å². The number of ether oxygens (including phenoxy) is 1. The first-order valence-electron chi connectivity index (χ1n) is 8.57. The van der Waals surface area contributed by atoms with E-state index in [0.29, 0.717) is 11.0 Å². The van der Waals surface area contributed by atoms with Crippen molar-refractivity contribution < 1.29 is 32.6 Å². The minimum atomic E-state index is -1.38. The molecule has 0 radical (unpaired) electrons. The molecule has 4 rings (SSSR count). The predicted octanol–water partition coefficient (Wildman–Crippen LogP) is 5.40. The van der Waals surface area contributed by atoms with E-state index in [2.05, 4.69) is 5.32 Å². The van der Waals surface area contributed by atoms with E-state index >= 15 is 0 Å². The minimum absolute atomic E-state index is 0.00470. The highest BCUT2D eigenvalue weighted by Gasteiger charge is 2.26. The van der Waals surface area contributed by atoms with Gasteiger partial charge in [-0.1, -0.05) is 18.2 Å². The first kappa shape index (κ1) is 19.6. The summed E-state index contributed by atoms with van der Waals surface area (Å²) >= 11 is 0.895. The number of carbonyl (C=O) groups excluding carboxylic acids is 1. The number of hydrogen-bond acceptors (Lipinski definition) is 5. The Labute approximate surface area is 172 Å². The van der Waals surface area contributed by atoms with E-state index in [0.717, 1.165) is 30.6 Å². The molecule has 2 aromatic heterocycles. The Morgan fingerprint density at radius 1 is 1.17 bits per heavy atom. The third-order valence-corrected chi connectivity index (χ3v) is 5.41. The van der Waals surface area contributed by atoms with Crippen LogP contribution in [0.3, 0.4) is 0 Å². The largest absolute Gasteiger partial charge is 0.491 e. The lowest BCUT2D eigenvalue weighted by Gasteiger charge is -2.09. The fourth-order valence-corrected chi connectivity index (χ4v) is 4.05. The lowest BCUT2D eigenvalue weighted by atomic mass is 10.1. The number of aromatic carboxylic acids is 1. The summed E-state index contributed by atoms with van der Waals surface area (Å²) in [4.78, 5) is 24.5. The molecule has 4 aromatic rings. The fraction of sp³-hybridized carbons (Fsp3) is 0.0476. The number of anilines is 1. The van der Waals surface area contributed by atoms with Gasteiger partial charge in [0.25, 0.3) is 5.91 Å². The Morgan fingerprint density at radius 3 is 2.63 bits per heavy atom. The van der Waals surface area contributed by atoms with E-state index < -0.39 is 29.3 Å². The zero-order valence-corrected chi connectivity index (χ0v) is 16.2. The molecule has 0 fully saturated rings. The second kappa shape index (κ2) is 7.60. The van der Waals surface area contributed by atoms with Crippen LogP contribution in [-0.2, 0) is 0 Å². The maximum Gasteiger partial charge on any atom is 0.339 e. The molecule has 30 heavy (non-hydrogen) atoms. The number of thiophene rings is 1. The molecule has 0 unspecified atom stereocenters. The van der Waals surface area contributed by atoms with E-state index in [1.807, 2.05) is 0 Å². The Balaban J connectivity index is 1.73. The lowest BCUT2D eigenvalue weighted by Crippen LogP contribution is -2.13. The summed E-state index contributed by atoms with van der Waals surface area (Å²) in [5.74, 6) is -4.60. The number of halogens is 2. The van der Waals surface area contributed by atoms with E-state index in [4.69, 9.17) is 9.15 Å². The van der Waals surface area contributed by atoms with E-state index in [-0.39, 0.29) is 27.5 Å². The number of carbonyl (C=O) groups is 2. The molecule has 0 aliphatic heterocycles. The van der Waals surface area contributed by atoms with E-state index in [1.54, 1.807) is 24.3 Å². The molecule has 2 heterocycles. The number of methoxy groups -OCH3 is 1. The van der Waals surface area contributed by atoms with Crippen LogP contribution in [0.2, 0.25) is 0 Å². The molecular weight excluding hydrogens is 416 g/mol. The van der Waals surface area contributed by atoms with Gasteiger partial charge in [-0.2, -0.15) is 0 Å². The van der Waals surface area contributed by atoms with Crippen molar-refractivity contribution in [3.8, 4) is 16.2 Å². The summed E-state index contributed by atoms with van der Waals surface area (Å²) < 4.78 is 38.6. The highest BCUT2D eigenvalue weighted by molar-refractivity contribution is 7.14. The summed E-state index contributed by atoms with van der Waals surface area (Å²) in [5.41, 5.74) is 0.000139. The molecule has 0 aliphatic rings. The van der Waals surface area contributed by atoms with Gasteiger partial charge >= 0.3 is 5.97 Å². The van der Waals surface area contributed by atoms with Gasteiger partial charge in [-0.3, -0.25) is 4.79 Å². The van der Waals surface area contributed by atoms with Crippen LogP contribution in [0.15, 0.2) is 52.3 Å². The number of amides is 1. The molecule has 0 spiro atoms. The highest BCUT2D eigenvalue weighted by Crippen LogP contribution is 2.40. The van der Waals surface area contributed by atoms with Gasteiger partial charge in [0.05, 0.1) is 17.7 Å². The van der Waals surface area contributed by atoms with Crippen LogP contribution in [0, 0.1) is 11.6 Å². The Hall–Kier alpha value is -3.72. The zero-order valence-electron chi connectivity index (χ0n) is 15.4. The van der Waals surface area contributed by atoms with Crippen LogP contribution in [0.25, 0.3) is 21.4 Å². The zero-order chi connectivity index (χ0) is 21.4. The van der Waals surface area contributed by atoms with Gasteiger partial charge in [0.15, 0.2) is 23.1 Å². The van der Waals surface area contributed by atoms with Crippen LogP contribution in [-0.4, -0.2) is 24.1 Å². The van der Waals surface area contributed by atoms with Crippen molar-refractivity contribution in [2.45, 2.75) is 0 Å². The second-order valence-electron chi connectivity index (χ2n) is 6.20. The third kappa shape index (κ3) is 3.29.